The summed E-state index contributed by atoms with van der Waals surface area (Å²) in [5.41, 5.74) is 0.912. The maximum atomic E-state index is 8.20. The lowest BCUT2D eigenvalue weighted by atomic mass is 10.3. The molecule has 7 heavy (non-hydrogen) atoms. The molecule has 0 aromatic carbocycles. The van der Waals surface area contributed by atoms with Crippen LogP contribution in [0.5, 0.6) is 0 Å². The molecule has 0 amide bonds. The first kappa shape index (κ1) is 6.66. The topological polar surface area (TPSA) is 40.5 Å². The molecule has 0 bridgehead atoms. The molecule has 0 aromatic heterocycles. The number of rotatable bonds is 1. The molecule has 42 valence electrons. The van der Waals surface area contributed by atoms with Crippen LogP contribution in [0.15, 0.2) is 11.6 Å². The molecular weight excluding hydrogens is 92.1 g/mol. The fraction of sp³-hybridized carbons (Fsp3) is 0.600. The predicted octanol–water partition coefficient (Wildman–Crippen LogP) is 0.263. The Kier molecular flexibility index (Phi) is 2.64. The van der Waals surface area contributed by atoms with Crippen LogP contribution in [0, 0.1) is 0 Å². The Morgan fingerprint density at radius 1 is 1.43 bits per heavy atom. The summed E-state index contributed by atoms with van der Waals surface area (Å²) in [7, 11) is 0. The van der Waals surface area contributed by atoms with Gasteiger partial charge in [0.05, 0.1) is 0 Å². The summed E-state index contributed by atoms with van der Waals surface area (Å²) < 4.78 is 0. The van der Waals surface area contributed by atoms with Crippen molar-refractivity contribution in [2.24, 2.45) is 0 Å². The minimum Gasteiger partial charge on any atom is -0.365 e. The average molecular weight is 102 g/mol. The van der Waals surface area contributed by atoms with Crippen molar-refractivity contribution in [3.63, 3.8) is 0 Å². The van der Waals surface area contributed by atoms with Crippen molar-refractivity contribution >= 4 is 0 Å². The van der Waals surface area contributed by atoms with Crippen molar-refractivity contribution in [2.45, 2.75) is 20.1 Å². The Hall–Kier alpha value is -0.340. The molecule has 0 spiro atoms. The molecule has 2 heteroatoms. The Morgan fingerprint density at radius 3 is 1.86 bits per heavy atom. The fourth-order valence-electron chi connectivity index (χ4n) is 0.298. The van der Waals surface area contributed by atoms with E-state index in [1.54, 1.807) is 13.8 Å². The molecular formula is C5H10O2. The first-order chi connectivity index (χ1) is 3.13. The minimum atomic E-state index is -1.29. The van der Waals surface area contributed by atoms with E-state index >= 15 is 0 Å². The van der Waals surface area contributed by atoms with Crippen molar-refractivity contribution in [2.75, 3.05) is 0 Å². The Labute approximate surface area is 43.1 Å². The van der Waals surface area contributed by atoms with Crippen molar-refractivity contribution < 1.29 is 10.2 Å². The quantitative estimate of drug-likeness (QED) is 0.368. The molecule has 0 heterocycles. The number of allylic oxidation sites excluding steroid dienone is 1. The summed E-state index contributed by atoms with van der Waals surface area (Å²) in [5, 5.41) is 16.4. The highest BCUT2D eigenvalue weighted by Crippen LogP contribution is 1.88. The van der Waals surface area contributed by atoms with Gasteiger partial charge < -0.3 is 10.2 Å². The fourth-order valence-corrected chi connectivity index (χ4v) is 0.298. The van der Waals surface area contributed by atoms with Gasteiger partial charge in [-0.15, -0.1) is 0 Å². The molecule has 0 atom stereocenters. The number of hydrogen-bond acceptors (Lipinski definition) is 2. The van der Waals surface area contributed by atoms with Gasteiger partial charge in [0.25, 0.3) is 0 Å². The highest BCUT2D eigenvalue weighted by atomic mass is 16.5. The van der Waals surface area contributed by atoms with Gasteiger partial charge in [0.1, 0.15) is 0 Å². The molecule has 0 saturated heterocycles. The number of hydrogen-bond donors (Lipinski definition) is 2. The predicted molar refractivity (Wildman–Crippen MR) is 27.7 cm³/mol. The lowest BCUT2D eigenvalue weighted by Gasteiger charge is -1.92. The van der Waals surface area contributed by atoms with Crippen molar-refractivity contribution in [1.82, 2.24) is 0 Å². The number of aliphatic hydroxyl groups excluding tert-OH is 1. The molecule has 0 fully saturated rings. The lowest BCUT2D eigenvalue weighted by Crippen LogP contribution is -1.97. The molecule has 0 rings (SSSR count). The molecule has 0 aliphatic heterocycles. The van der Waals surface area contributed by atoms with Crippen molar-refractivity contribution in [3.8, 4) is 0 Å². The summed E-state index contributed by atoms with van der Waals surface area (Å²) in [5.74, 6) is 0. The normalized spacial score (nSPS) is 9.29. The monoisotopic (exact) mass is 102 g/mol. The van der Waals surface area contributed by atoms with Crippen molar-refractivity contribution in [3.05, 3.63) is 11.6 Å². The molecule has 0 aliphatic carbocycles. The summed E-state index contributed by atoms with van der Waals surface area (Å²) in [6, 6.07) is 0. The second-order valence-electron chi connectivity index (χ2n) is 1.66. The standard InChI is InChI=1S/C5H10O2/c1-4(2)3-5(6)7/h3,5-7H,1-2H3. The van der Waals surface area contributed by atoms with Gasteiger partial charge in [-0.3, -0.25) is 0 Å². The summed E-state index contributed by atoms with van der Waals surface area (Å²) in [4.78, 5) is 0. The van der Waals surface area contributed by atoms with Crippen LogP contribution in [0.3, 0.4) is 0 Å². The van der Waals surface area contributed by atoms with Crippen LogP contribution in [0.25, 0.3) is 0 Å². The van der Waals surface area contributed by atoms with E-state index in [0.29, 0.717) is 0 Å². The van der Waals surface area contributed by atoms with Gasteiger partial charge in [-0.1, -0.05) is 5.57 Å². The molecule has 2 nitrogen and oxygen atoms in total. The zero-order valence-corrected chi connectivity index (χ0v) is 4.55. The van der Waals surface area contributed by atoms with E-state index in [9.17, 15) is 0 Å². The largest absolute Gasteiger partial charge is 0.365 e. The van der Waals surface area contributed by atoms with E-state index in [-0.39, 0.29) is 0 Å². The SMILES string of the molecule is CC(C)=CC(O)O. The first-order valence-electron chi connectivity index (χ1n) is 2.14. The first-order valence-corrected chi connectivity index (χ1v) is 2.14. The van der Waals surface area contributed by atoms with Crippen LogP contribution >= 0.6 is 0 Å². The second kappa shape index (κ2) is 2.77. The minimum absolute atomic E-state index is 0.912. The van der Waals surface area contributed by atoms with E-state index in [1.807, 2.05) is 0 Å². The van der Waals surface area contributed by atoms with Crippen LogP contribution in [-0.4, -0.2) is 16.5 Å². The van der Waals surface area contributed by atoms with Crippen molar-refractivity contribution in [1.29, 1.82) is 0 Å². The highest BCUT2D eigenvalue weighted by molar-refractivity contribution is 4.94. The average Bonchev–Trinajstić information content (AvgIpc) is 1.27. The van der Waals surface area contributed by atoms with E-state index in [0.717, 1.165) is 5.57 Å². The maximum Gasteiger partial charge on any atom is 0.171 e. The lowest BCUT2D eigenvalue weighted by molar-refractivity contribution is 0.00178. The zero-order valence-electron chi connectivity index (χ0n) is 4.55. The molecule has 0 radical (unpaired) electrons. The van der Waals surface area contributed by atoms with Crippen LogP contribution in [-0.2, 0) is 0 Å². The van der Waals surface area contributed by atoms with Crippen LogP contribution in [0.4, 0.5) is 0 Å². The third kappa shape index (κ3) is 5.66. The highest BCUT2D eigenvalue weighted by Gasteiger charge is 1.85. The van der Waals surface area contributed by atoms with Crippen LogP contribution in [0.1, 0.15) is 13.8 Å². The van der Waals surface area contributed by atoms with E-state index in [2.05, 4.69) is 0 Å². The van der Waals surface area contributed by atoms with E-state index < -0.39 is 6.29 Å². The molecule has 0 unspecified atom stereocenters. The number of aliphatic hydroxyl groups is 2. The van der Waals surface area contributed by atoms with Gasteiger partial charge in [-0.2, -0.15) is 0 Å². The Bertz CT molecular complexity index is 70.1. The Balaban J connectivity index is 3.45. The summed E-state index contributed by atoms with van der Waals surface area (Å²) >= 11 is 0. The molecule has 2 N–H and O–H groups in total. The van der Waals surface area contributed by atoms with Gasteiger partial charge >= 0.3 is 0 Å². The molecule has 0 aliphatic rings. The van der Waals surface area contributed by atoms with Gasteiger partial charge in [0, 0.05) is 0 Å². The smallest absolute Gasteiger partial charge is 0.171 e. The Morgan fingerprint density at radius 2 is 1.86 bits per heavy atom. The summed E-state index contributed by atoms with van der Waals surface area (Å²) in [6.07, 6.45) is 0.0741. The zero-order chi connectivity index (χ0) is 5.86. The maximum absolute atomic E-state index is 8.20. The van der Waals surface area contributed by atoms with Gasteiger partial charge in [0.2, 0.25) is 0 Å². The van der Waals surface area contributed by atoms with Crippen LogP contribution in [0.2, 0.25) is 0 Å². The van der Waals surface area contributed by atoms with Gasteiger partial charge in [-0.25, -0.2) is 0 Å². The third-order valence-electron chi connectivity index (χ3n) is 0.482. The molecule has 0 saturated carbocycles. The molecule has 0 aromatic rings. The van der Waals surface area contributed by atoms with Crippen LogP contribution < -0.4 is 0 Å². The third-order valence-corrected chi connectivity index (χ3v) is 0.482. The van der Waals surface area contributed by atoms with Gasteiger partial charge in [0.15, 0.2) is 6.29 Å². The second-order valence-corrected chi connectivity index (χ2v) is 1.66. The van der Waals surface area contributed by atoms with E-state index in [1.165, 1.54) is 6.08 Å². The van der Waals surface area contributed by atoms with Gasteiger partial charge in [-0.05, 0) is 19.9 Å². The van der Waals surface area contributed by atoms with E-state index in [4.69, 9.17) is 10.2 Å². The summed E-state index contributed by atoms with van der Waals surface area (Å²) in [6.45, 7) is 3.61.